The second kappa shape index (κ2) is 7.22. The van der Waals surface area contributed by atoms with Crippen molar-refractivity contribution in [2.24, 2.45) is 11.7 Å². The molecule has 0 saturated carbocycles. The van der Waals surface area contributed by atoms with Gasteiger partial charge in [-0.3, -0.25) is 9.59 Å². The van der Waals surface area contributed by atoms with E-state index in [1.165, 1.54) is 0 Å². The molecule has 1 unspecified atom stereocenters. The maximum atomic E-state index is 12.4. The van der Waals surface area contributed by atoms with Gasteiger partial charge in [0.15, 0.2) is 0 Å². The first-order valence-corrected chi connectivity index (χ1v) is 7.39. The molecule has 2 rings (SSSR count). The summed E-state index contributed by atoms with van der Waals surface area (Å²) in [6.07, 6.45) is 2.63. The van der Waals surface area contributed by atoms with Crippen LogP contribution in [0, 0.1) is 5.92 Å². The molecular weight excluding hydrogens is 268 g/mol. The van der Waals surface area contributed by atoms with E-state index in [0.717, 1.165) is 18.4 Å². The topological polar surface area (TPSA) is 83.6 Å². The van der Waals surface area contributed by atoms with Crippen molar-refractivity contribution in [1.82, 2.24) is 4.90 Å². The molecule has 114 valence electrons. The highest BCUT2D eigenvalue weighted by Crippen LogP contribution is 2.24. The van der Waals surface area contributed by atoms with Gasteiger partial charge in [-0.25, -0.2) is 0 Å². The number of hydrogen-bond donors (Lipinski definition) is 2. The molecule has 1 atom stereocenters. The van der Waals surface area contributed by atoms with Crippen LogP contribution in [-0.2, 0) is 9.59 Å². The summed E-state index contributed by atoms with van der Waals surface area (Å²) in [5.41, 5.74) is 6.86. The molecule has 1 aromatic rings. The highest BCUT2D eigenvalue weighted by molar-refractivity contribution is 5.83. The lowest BCUT2D eigenvalue weighted by atomic mass is 9.91. The third-order valence-electron chi connectivity index (χ3n) is 4.12. The van der Waals surface area contributed by atoms with Crippen LogP contribution >= 0.6 is 0 Å². The van der Waals surface area contributed by atoms with Crippen LogP contribution in [-0.4, -0.2) is 35.0 Å². The molecule has 0 aliphatic carbocycles. The van der Waals surface area contributed by atoms with Gasteiger partial charge in [0.05, 0.1) is 0 Å². The van der Waals surface area contributed by atoms with E-state index in [9.17, 15) is 9.59 Å². The minimum atomic E-state index is -0.750. The minimum Gasteiger partial charge on any atom is -0.481 e. The fourth-order valence-electron chi connectivity index (χ4n) is 2.77. The Labute approximate surface area is 124 Å². The van der Waals surface area contributed by atoms with Crippen LogP contribution in [0.4, 0.5) is 0 Å². The van der Waals surface area contributed by atoms with Gasteiger partial charge in [-0.05, 0) is 30.7 Å². The van der Waals surface area contributed by atoms with Gasteiger partial charge < -0.3 is 15.7 Å². The monoisotopic (exact) mass is 290 g/mol. The lowest BCUT2D eigenvalue weighted by molar-refractivity contribution is -0.138. The van der Waals surface area contributed by atoms with Crippen LogP contribution in [0.25, 0.3) is 0 Å². The molecule has 5 heteroatoms. The van der Waals surface area contributed by atoms with E-state index in [2.05, 4.69) is 0 Å². The van der Waals surface area contributed by atoms with Crippen LogP contribution in [0.1, 0.15) is 37.3 Å². The van der Waals surface area contributed by atoms with Crippen molar-refractivity contribution in [2.45, 2.75) is 31.7 Å². The van der Waals surface area contributed by atoms with Crippen molar-refractivity contribution in [3.05, 3.63) is 35.9 Å². The summed E-state index contributed by atoms with van der Waals surface area (Å²) >= 11 is 0. The first-order chi connectivity index (χ1) is 10.1. The van der Waals surface area contributed by atoms with Crippen LogP contribution < -0.4 is 5.73 Å². The van der Waals surface area contributed by atoms with E-state index in [1.54, 1.807) is 4.90 Å². The summed E-state index contributed by atoms with van der Waals surface area (Å²) in [6.45, 7) is 1.34. The van der Waals surface area contributed by atoms with Crippen molar-refractivity contribution in [1.29, 1.82) is 0 Å². The molecule has 1 aromatic carbocycles. The summed E-state index contributed by atoms with van der Waals surface area (Å²) in [5, 5.41) is 8.70. The third kappa shape index (κ3) is 4.29. The summed E-state index contributed by atoms with van der Waals surface area (Å²) in [4.78, 5) is 24.8. The number of carbonyl (C=O) groups is 2. The zero-order chi connectivity index (χ0) is 15.2. The standard InChI is InChI=1S/C16H22N2O3/c17-15(13-4-2-1-3-5-13)16(21)18-10-8-12(9-11-18)6-7-14(19)20/h1-5,12,15H,6-11,17H2,(H,19,20). The van der Waals surface area contributed by atoms with Crippen molar-refractivity contribution < 1.29 is 14.7 Å². The van der Waals surface area contributed by atoms with Crippen molar-refractivity contribution >= 4 is 11.9 Å². The zero-order valence-corrected chi connectivity index (χ0v) is 12.1. The van der Waals surface area contributed by atoms with Gasteiger partial charge in [-0.2, -0.15) is 0 Å². The number of carbonyl (C=O) groups excluding carboxylic acids is 1. The Kier molecular flexibility index (Phi) is 5.33. The first kappa shape index (κ1) is 15.5. The largest absolute Gasteiger partial charge is 0.481 e. The molecule has 5 nitrogen and oxygen atoms in total. The SMILES string of the molecule is NC(C(=O)N1CCC(CCC(=O)O)CC1)c1ccccc1. The number of likely N-dealkylation sites (tertiary alicyclic amines) is 1. The highest BCUT2D eigenvalue weighted by atomic mass is 16.4. The summed E-state index contributed by atoms with van der Waals surface area (Å²) in [6, 6.07) is 8.77. The van der Waals surface area contributed by atoms with Crippen LogP contribution in [0.3, 0.4) is 0 Å². The van der Waals surface area contributed by atoms with Gasteiger partial charge in [0.2, 0.25) is 5.91 Å². The van der Waals surface area contributed by atoms with Crippen molar-refractivity contribution in [3.8, 4) is 0 Å². The smallest absolute Gasteiger partial charge is 0.303 e. The molecule has 0 radical (unpaired) electrons. The number of benzene rings is 1. The van der Waals surface area contributed by atoms with Gasteiger partial charge in [-0.15, -0.1) is 0 Å². The number of nitrogens with zero attached hydrogens (tertiary/aromatic N) is 1. The lowest BCUT2D eigenvalue weighted by Crippen LogP contribution is -2.43. The molecule has 21 heavy (non-hydrogen) atoms. The predicted octanol–water partition coefficient (Wildman–Crippen LogP) is 1.79. The molecule has 0 bridgehead atoms. The Bertz CT molecular complexity index is 482. The normalized spacial score (nSPS) is 17.5. The predicted molar refractivity (Wildman–Crippen MR) is 79.5 cm³/mol. The molecular formula is C16H22N2O3. The second-order valence-corrected chi connectivity index (χ2v) is 5.59. The Hall–Kier alpha value is -1.88. The number of aliphatic carboxylic acids is 1. The van der Waals surface area contributed by atoms with Crippen LogP contribution in [0.15, 0.2) is 30.3 Å². The van der Waals surface area contributed by atoms with Gasteiger partial charge in [0.1, 0.15) is 6.04 Å². The number of carboxylic acids is 1. The zero-order valence-electron chi connectivity index (χ0n) is 12.1. The molecule has 1 fully saturated rings. The molecule has 1 saturated heterocycles. The highest BCUT2D eigenvalue weighted by Gasteiger charge is 2.27. The van der Waals surface area contributed by atoms with E-state index in [0.29, 0.717) is 25.4 Å². The molecule has 0 aromatic heterocycles. The number of hydrogen-bond acceptors (Lipinski definition) is 3. The maximum Gasteiger partial charge on any atom is 0.303 e. The second-order valence-electron chi connectivity index (χ2n) is 5.59. The third-order valence-corrected chi connectivity index (χ3v) is 4.12. The lowest BCUT2D eigenvalue weighted by Gasteiger charge is -2.33. The minimum absolute atomic E-state index is 0.0436. The van der Waals surface area contributed by atoms with E-state index in [4.69, 9.17) is 10.8 Å². The van der Waals surface area contributed by atoms with E-state index in [-0.39, 0.29) is 12.3 Å². The van der Waals surface area contributed by atoms with E-state index >= 15 is 0 Å². The summed E-state index contributed by atoms with van der Waals surface area (Å²) in [7, 11) is 0. The fraction of sp³-hybridized carbons (Fsp3) is 0.500. The summed E-state index contributed by atoms with van der Waals surface area (Å²) in [5.74, 6) is -0.393. The van der Waals surface area contributed by atoms with Crippen LogP contribution in [0.2, 0.25) is 0 Å². The summed E-state index contributed by atoms with van der Waals surface area (Å²) < 4.78 is 0. The molecule has 1 heterocycles. The Balaban J connectivity index is 1.84. The molecule has 1 aliphatic rings. The Morgan fingerprint density at radius 3 is 2.43 bits per heavy atom. The number of piperidine rings is 1. The molecule has 0 spiro atoms. The van der Waals surface area contributed by atoms with E-state index < -0.39 is 12.0 Å². The average Bonchev–Trinajstić information content (AvgIpc) is 2.53. The van der Waals surface area contributed by atoms with Crippen molar-refractivity contribution in [2.75, 3.05) is 13.1 Å². The van der Waals surface area contributed by atoms with Gasteiger partial charge >= 0.3 is 5.97 Å². The quantitative estimate of drug-likeness (QED) is 0.866. The number of carboxylic acid groups (broad SMARTS) is 1. The number of rotatable bonds is 5. The number of amides is 1. The molecule has 1 amide bonds. The fourth-order valence-corrected chi connectivity index (χ4v) is 2.77. The Morgan fingerprint density at radius 2 is 1.86 bits per heavy atom. The Morgan fingerprint density at radius 1 is 1.24 bits per heavy atom. The van der Waals surface area contributed by atoms with Gasteiger partial charge in [0, 0.05) is 19.5 Å². The van der Waals surface area contributed by atoms with Crippen LogP contribution in [0.5, 0.6) is 0 Å². The number of nitrogens with two attached hydrogens (primary N) is 1. The average molecular weight is 290 g/mol. The molecule has 3 N–H and O–H groups in total. The maximum absolute atomic E-state index is 12.4. The van der Waals surface area contributed by atoms with Gasteiger partial charge in [-0.1, -0.05) is 30.3 Å². The van der Waals surface area contributed by atoms with Crippen molar-refractivity contribution in [3.63, 3.8) is 0 Å². The van der Waals surface area contributed by atoms with Gasteiger partial charge in [0.25, 0.3) is 0 Å². The first-order valence-electron chi connectivity index (χ1n) is 7.39. The molecule has 1 aliphatic heterocycles. The van der Waals surface area contributed by atoms with E-state index in [1.807, 2.05) is 30.3 Å².